The number of hydrogen-bond donors (Lipinski definition) is 3. The Balaban J connectivity index is 1.64. The van der Waals surface area contributed by atoms with Crippen molar-refractivity contribution in [2.45, 2.75) is 118 Å². The van der Waals surface area contributed by atoms with Gasteiger partial charge in [-0.25, -0.2) is 0 Å². The van der Waals surface area contributed by atoms with Gasteiger partial charge in [-0.15, -0.1) is 0 Å². The maximum absolute atomic E-state index is 11.1. The summed E-state index contributed by atoms with van der Waals surface area (Å²) in [6, 6.07) is 0. The van der Waals surface area contributed by atoms with Crippen molar-refractivity contribution in [3.63, 3.8) is 0 Å². The summed E-state index contributed by atoms with van der Waals surface area (Å²) in [7, 11) is 0. The van der Waals surface area contributed by atoms with E-state index in [2.05, 4.69) is 41.5 Å². The van der Waals surface area contributed by atoms with Crippen LogP contribution in [0.3, 0.4) is 0 Å². The summed E-state index contributed by atoms with van der Waals surface area (Å²) < 4.78 is 0. The minimum Gasteiger partial charge on any atom is -0.393 e. The van der Waals surface area contributed by atoms with Crippen molar-refractivity contribution in [3.05, 3.63) is 22.8 Å². The highest BCUT2D eigenvalue weighted by Gasteiger charge is 2.63. The molecule has 0 heterocycles. The van der Waals surface area contributed by atoms with Crippen molar-refractivity contribution in [2.75, 3.05) is 6.61 Å². The van der Waals surface area contributed by atoms with Gasteiger partial charge in [0.05, 0.1) is 18.8 Å². The summed E-state index contributed by atoms with van der Waals surface area (Å²) in [6.45, 7) is 16.5. The third-order valence-corrected chi connectivity index (χ3v) is 12.0. The van der Waals surface area contributed by atoms with Crippen molar-refractivity contribution < 1.29 is 15.3 Å². The molecule has 2 saturated carbocycles. The van der Waals surface area contributed by atoms with Crippen LogP contribution >= 0.6 is 0 Å². The summed E-state index contributed by atoms with van der Waals surface area (Å²) in [4.78, 5) is 0. The molecule has 33 heavy (non-hydrogen) atoms. The van der Waals surface area contributed by atoms with Crippen molar-refractivity contribution in [2.24, 2.45) is 39.4 Å². The first-order chi connectivity index (χ1) is 15.3. The van der Waals surface area contributed by atoms with E-state index < -0.39 is 0 Å². The molecule has 8 atom stereocenters. The molecule has 3 nitrogen and oxygen atoms in total. The molecule has 3 unspecified atom stereocenters. The fourth-order valence-corrected chi connectivity index (χ4v) is 9.43. The lowest BCUT2D eigenvalue weighted by Gasteiger charge is -2.62. The fourth-order valence-electron chi connectivity index (χ4n) is 9.43. The first-order valence-corrected chi connectivity index (χ1v) is 13.7. The highest BCUT2D eigenvalue weighted by atomic mass is 16.3. The van der Waals surface area contributed by atoms with E-state index in [1.807, 2.05) is 13.0 Å². The molecule has 0 radical (unpaired) electrons. The van der Waals surface area contributed by atoms with Gasteiger partial charge in [0.25, 0.3) is 0 Å². The van der Waals surface area contributed by atoms with Crippen molar-refractivity contribution in [3.8, 4) is 0 Å². The molecule has 0 amide bonds. The quantitative estimate of drug-likeness (QED) is 0.416. The van der Waals surface area contributed by atoms with Crippen LogP contribution in [0, 0.1) is 39.4 Å². The second-order valence-corrected chi connectivity index (χ2v) is 13.6. The normalized spacial score (nSPS) is 44.7. The summed E-state index contributed by atoms with van der Waals surface area (Å²) in [5, 5.41) is 31.2. The van der Waals surface area contributed by atoms with Crippen LogP contribution in [0.5, 0.6) is 0 Å². The molecule has 0 spiro atoms. The Hall–Kier alpha value is -0.640. The van der Waals surface area contributed by atoms with Gasteiger partial charge >= 0.3 is 0 Å². The second kappa shape index (κ2) is 8.49. The Morgan fingerprint density at radius 2 is 1.70 bits per heavy atom. The molecule has 188 valence electrons. The van der Waals surface area contributed by atoms with Crippen LogP contribution in [0.15, 0.2) is 22.8 Å². The van der Waals surface area contributed by atoms with Crippen LogP contribution in [0.2, 0.25) is 0 Å². The van der Waals surface area contributed by atoms with Gasteiger partial charge in [0.1, 0.15) is 0 Å². The van der Waals surface area contributed by atoms with Gasteiger partial charge in [-0.2, -0.15) is 0 Å². The lowest BCUT2D eigenvalue weighted by atomic mass is 9.43. The average Bonchev–Trinajstić information content (AvgIpc) is 3.05. The summed E-state index contributed by atoms with van der Waals surface area (Å²) in [5.41, 5.74) is 5.15. The van der Waals surface area contributed by atoms with Crippen LogP contribution in [0.4, 0.5) is 0 Å². The Morgan fingerprint density at radius 3 is 2.36 bits per heavy atom. The molecular weight excluding hydrogens is 408 g/mol. The second-order valence-electron chi connectivity index (χ2n) is 13.6. The van der Waals surface area contributed by atoms with E-state index >= 15 is 0 Å². The molecule has 0 aromatic heterocycles. The van der Waals surface area contributed by atoms with Crippen LogP contribution < -0.4 is 0 Å². The van der Waals surface area contributed by atoms with Crippen molar-refractivity contribution in [1.82, 2.24) is 0 Å². The Bertz CT molecular complexity index is 824. The number of rotatable bonds is 5. The monoisotopic (exact) mass is 458 g/mol. The smallest absolute Gasteiger partial charge is 0.0639 e. The Kier molecular flexibility index (Phi) is 6.55. The molecule has 0 saturated heterocycles. The average molecular weight is 459 g/mol. The van der Waals surface area contributed by atoms with Crippen LogP contribution in [0.1, 0.15) is 106 Å². The predicted molar refractivity (Wildman–Crippen MR) is 136 cm³/mol. The van der Waals surface area contributed by atoms with Gasteiger partial charge in [0, 0.05) is 0 Å². The SMILES string of the molecule is C/C(=C\CC(O)[C@@H](C)C1CC[C@@]2(C)C3=C(CC[C@]12C)[C@@]1(C)CC[C@H](O)C(C)(C)C1CC3)CO. The van der Waals surface area contributed by atoms with E-state index in [1.165, 1.54) is 38.5 Å². The molecule has 0 aromatic carbocycles. The van der Waals surface area contributed by atoms with Gasteiger partial charge in [-0.1, -0.05) is 64.3 Å². The van der Waals surface area contributed by atoms with Crippen LogP contribution in [-0.2, 0) is 0 Å². The van der Waals surface area contributed by atoms with Gasteiger partial charge in [0.15, 0.2) is 0 Å². The third-order valence-electron chi connectivity index (χ3n) is 12.0. The zero-order valence-corrected chi connectivity index (χ0v) is 22.4. The summed E-state index contributed by atoms with van der Waals surface area (Å²) in [6.07, 6.45) is 11.5. The maximum atomic E-state index is 11.1. The Labute approximate surface area is 202 Å². The molecule has 3 N–H and O–H groups in total. The molecule has 3 heteroatoms. The molecule has 0 bridgehead atoms. The lowest BCUT2D eigenvalue weighted by Crippen LogP contribution is -2.55. The van der Waals surface area contributed by atoms with Crippen LogP contribution in [0.25, 0.3) is 0 Å². The van der Waals surface area contributed by atoms with E-state index in [1.54, 1.807) is 11.1 Å². The highest BCUT2D eigenvalue weighted by molar-refractivity contribution is 5.38. The number of aliphatic hydroxyl groups is 3. The van der Waals surface area contributed by atoms with E-state index in [0.29, 0.717) is 18.3 Å². The van der Waals surface area contributed by atoms with Gasteiger partial charge in [-0.05, 0) is 104 Å². The predicted octanol–water partition coefficient (Wildman–Crippen LogP) is 6.42. The summed E-state index contributed by atoms with van der Waals surface area (Å²) >= 11 is 0. The molecule has 4 aliphatic rings. The molecule has 4 aliphatic carbocycles. The zero-order valence-electron chi connectivity index (χ0n) is 22.4. The molecular formula is C30H50O3. The number of fused-ring (bicyclic) bond motifs is 4. The van der Waals surface area contributed by atoms with Gasteiger partial charge in [-0.3, -0.25) is 0 Å². The number of hydrogen-bond acceptors (Lipinski definition) is 3. The van der Waals surface area contributed by atoms with E-state index in [4.69, 9.17) is 0 Å². The van der Waals surface area contributed by atoms with E-state index in [-0.39, 0.29) is 46.4 Å². The standard InChI is InChI=1S/C30H50O3/c1-19(18-31)8-10-24(32)20(2)21-12-16-30(7)23-9-11-25-27(3,4)26(33)14-15-28(25,5)22(23)13-17-29(21,30)6/h8,20-21,24-26,31-33H,9-18H2,1-7H3/b19-8+/t20-,21?,24?,25?,26-,28+,29+,30-/m0/s1. The maximum Gasteiger partial charge on any atom is 0.0639 e. The van der Waals surface area contributed by atoms with Gasteiger partial charge in [0.2, 0.25) is 0 Å². The summed E-state index contributed by atoms with van der Waals surface area (Å²) in [5.74, 6) is 1.36. The van der Waals surface area contributed by atoms with Gasteiger partial charge < -0.3 is 15.3 Å². The minimum absolute atomic E-state index is 0.00968. The molecule has 0 aliphatic heterocycles. The molecule has 0 aromatic rings. The van der Waals surface area contributed by atoms with Crippen molar-refractivity contribution >= 4 is 0 Å². The fraction of sp³-hybridized carbons (Fsp3) is 0.867. The molecule has 2 fully saturated rings. The largest absolute Gasteiger partial charge is 0.393 e. The topological polar surface area (TPSA) is 60.7 Å². The number of aliphatic hydroxyl groups excluding tert-OH is 3. The van der Waals surface area contributed by atoms with Crippen molar-refractivity contribution in [1.29, 1.82) is 0 Å². The highest BCUT2D eigenvalue weighted by Crippen LogP contribution is 2.72. The van der Waals surface area contributed by atoms with E-state index in [0.717, 1.165) is 18.4 Å². The van der Waals surface area contributed by atoms with Crippen LogP contribution in [-0.4, -0.2) is 34.1 Å². The number of allylic oxidation sites excluding steroid dienone is 2. The first-order valence-electron chi connectivity index (χ1n) is 13.7. The minimum atomic E-state index is -0.347. The lowest BCUT2D eigenvalue weighted by molar-refractivity contribution is -0.0969. The first kappa shape index (κ1) is 25.5. The third kappa shape index (κ3) is 3.62. The van der Waals surface area contributed by atoms with E-state index in [9.17, 15) is 15.3 Å². The zero-order chi connectivity index (χ0) is 24.4. The molecule has 4 rings (SSSR count). The Morgan fingerprint density at radius 1 is 1.00 bits per heavy atom.